The highest BCUT2D eigenvalue weighted by atomic mass is 19.1. The Balaban J connectivity index is 1.72. The molecular formula is C19H15FN4. The second kappa shape index (κ2) is 7.42. The first kappa shape index (κ1) is 15.8. The van der Waals surface area contributed by atoms with E-state index in [1.807, 2.05) is 42.5 Å². The molecule has 0 aliphatic carbocycles. The lowest BCUT2D eigenvalue weighted by atomic mass is 10.1. The summed E-state index contributed by atoms with van der Waals surface area (Å²) in [5.41, 5.74) is 2.82. The van der Waals surface area contributed by atoms with E-state index in [-0.39, 0.29) is 5.82 Å². The van der Waals surface area contributed by atoms with Crippen molar-refractivity contribution in [2.24, 2.45) is 0 Å². The summed E-state index contributed by atoms with van der Waals surface area (Å²) in [7, 11) is 0. The molecule has 24 heavy (non-hydrogen) atoms. The second-order valence-electron chi connectivity index (χ2n) is 5.41. The first-order valence-electron chi connectivity index (χ1n) is 7.64. The number of pyridine rings is 1. The number of hydrogen-bond acceptors (Lipinski definition) is 4. The summed E-state index contributed by atoms with van der Waals surface area (Å²) >= 11 is 0. The molecule has 4 nitrogen and oxygen atoms in total. The molecule has 0 saturated carbocycles. The Kier molecular flexibility index (Phi) is 4.87. The van der Waals surface area contributed by atoms with Crippen LogP contribution in [0, 0.1) is 17.1 Å². The SMILES string of the molecule is N#Cc1ccc(Cc2ncc(F)c(CCc3ccccc3)n2)cn1. The summed E-state index contributed by atoms with van der Waals surface area (Å²) < 4.78 is 13.9. The van der Waals surface area contributed by atoms with Crippen LogP contribution in [0.5, 0.6) is 0 Å². The van der Waals surface area contributed by atoms with Crippen LogP contribution in [0.15, 0.2) is 54.9 Å². The monoisotopic (exact) mass is 318 g/mol. The predicted molar refractivity (Wildman–Crippen MR) is 87.6 cm³/mol. The van der Waals surface area contributed by atoms with Gasteiger partial charge in [0.2, 0.25) is 0 Å². The fourth-order valence-corrected chi connectivity index (χ4v) is 2.39. The minimum absolute atomic E-state index is 0.363. The van der Waals surface area contributed by atoms with E-state index in [1.54, 1.807) is 12.3 Å². The van der Waals surface area contributed by atoms with Gasteiger partial charge in [0.05, 0.1) is 11.9 Å². The van der Waals surface area contributed by atoms with E-state index >= 15 is 0 Å². The number of aryl methyl sites for hydroxylation is 2. The normalized spacial score (nSPS) is 10.3. The maximum atomic E-state index is 13.9. The lowest BCUT2D eigenvalue weighted by Crippen LogP contribution is -2.05. The van der Waals surface area contributed by atoms with Gasteiger partial charge in [-0.1, -0.05) is 36.4 Å². The Labute approximate surface area is 139 Å². The molecular weight excluding hydrogens is 303 g/mol. The lowest BCUT2D eigenvalue weighted by Gasteiger charge is -2.06. The molecule has 0 bridgehead atoms. The van der Waals surface area contributed by atoms with Crippen LogP contribution in [0.2, 0.25) is 0 Å². The summed E-state index contributed by atoms with van der Waals surface area (Å²) in [5, 5.41) is 8.76. The lowest BCUT2D eigenvalue weighted by molar-refractivity contribution is 0.584. The Morgan fingerprint density at radius 1 is 0.917 bits per heavy atom. The maximum Gasteiger partial charge on any atom is 0.162 e. The largest absolute Gasteiger partial charge is 0.245 e. The number of benzene rings is 1. The summed E-state index contributed by atoms with van der Waals surface area (Å²) in [6, 6.07) is 15.4. The van der Waals surface area contributed by atoms with Crippen molar-refractivity contribution in [3.63, 3.8) is 0 Å². The Hall–Kier alpha value is -3.13. The van der Waals surface area contributed by atoms with E-state index < -0.39 is 0 Å². The summed E-state index contributed by atoms with van der Waals surface area (Å²) in [6.07, 6.45) is 4.55. The zero-order chi connectivity index (χ0) is 16.8. The topological polar surface area (TPSA) is 62.5 Å². The molecule has 0 fully saturated rings. The van der Waals surface area contributed by atoms with Crippen LogP contribution < -0.4 is 0 Å². The minimum Gasteiger partial charge on any atom is -0.245 e. The zero-order valence-electron chi connectivity index (χ0n) is 13.0. The fraction of sp³-hybridized carbons (Fsp3) is 0.158. The molecule has 5 heteroatoms. The molecule has 0 N–H and O–H groups in total. The van der Waals surface area contributed by atoms with E-state index in [4.69, 9.17) is 5.26 Å². The second-order valence-corrected chi connectivity index (χ2v) is 5.41. The molecule has 2 heterocycles. The Bertz CT molecular complexity index is 855. The van der Waals surface area contributed by atoms with Crippen LogP contribution in [-0.2, 0) is 19.3 Å². The van der Waals surface area contributed by atoms with E-state index in [0.29, 0.717) is 30.1 Å². The van der Waals surface area contributed by atoms with Gasteiger partial charge >= 0.3 is 0 Å². The third kappa shape index (κ3) is 3.99. The summed E-state index contributed by atoms with van der Waals surface area (Å²) in [4.78, 5) is 12.4. The predicted octanol–water partition coefficient (Wildman–Crippen LogP) is 3.26. The number of nitrogens with zero attached hydrogens (tertiary/aromatic N) is 4. The van der Waals surface area contributed by atoms with Gasteiger partial charge in [-0.05, 0) is 30.0 Å². The molecule has 118 valence electrons. The first-order valence-corrected chi connectivity index (χ1v) is 7.64. The van der Waals surface area contributed by atoms with Crippen molar-refractivity contribution < 1.29 is 4.39 Å². The molecule has 0 atom stereocenters. The van der Waals surface area contributed by atoms with Gasteiger partial charge in [-0.15, -0.1) is 0 Å². The highest BCUT2D eigenvalue weighted by Crippen LogP contribution is 2.11. The molecule has 2 aromatic heterocycles. The number of hydrogen-bond donors (Lipinski definition) is 0. The summed E-state index contributed by atoms with van der Waals surface area (Å²) in [6.45, 7) is 0. The van der Waals surface area contributed by atoms with E-state index in [2.05, 4.69) is 15.0 Å². The van der Waals surface area contributed by atoms with Crippen LogP contribution in [0.1, 0.15) is 28.3 Å². The molecule has 3 rings (SSSR count). The highest BCUT2D eigenvalue weighted by Gasteiger charge is 2.08. The highest BCUT2D eigenvalue weighted by molar-refractivity contribution is 5.25. The quantitative estimate of drug-likeness (QED) is 0.724. The summed E-state index contributed by atoms with van der Waals surface area (Å²) in [5.74, 6) is 0.165. The van der Waals surface area contributed by atoms with Crippen LogP contribution >= 0.6 is 0 Å². The minimum atomic E-state index is -0.382. The van der Waals surface area contributed by atoms with Crippen LogP contribution in [-0.4, -0.2) is 15.0 Å². The van der Waals surface area contributed by atoms with E-state index in [0.717, 1.165) is 17.5 Å². The van der Waals surface area contributed by atoms with Crippen LogP contribution in [0.3, 0.4) is 0 Å². The van der Waals surface area contributed by atoms with Gasteiger partial charge in [-0.3, -0.25) is 0 Å². The molecule has 0 aliphatic heterocycles. The molecule has 1 aromatic carbocycles. The third-order valence-corrected chi connectivity index (χ3v) is 3.66. The number of nitriles is 1. The van der Waals surface area contributed by atoms with Crippen molar-refractivity contribution >= 4 is 0 Å². The van der Waals surface area contributed by atoms with Crippen molar-refractivity contribution in [1.82, 2.24) is 15.0 Å². The molecule has 0 spiro atoms. The van der Waals surface area contributed by atoms with Gasteiger partial charge in [0, 0.05) is 12.6 Å². The van der Waals surface area contributed by atoms with Crippen molar-refractivity contribution in [3.05, 3.63) is 89.0 Å². The number of rotatable bonds is 5. The van der Waals surface area contributed by atoms with E-state index in [9.17, 15) is 4.39 Å². The smallest absolute Gasteiger partial charge is 0.162 e. The fourth-order valence-electron chi connectivity index (χ4n) is 2.39. The maximum absolute atomic E-state index is 13.9. The van der Waals surface area contributed by atoms with Gasteiger partial charge in [-0.25, -0.2) is 19.3 Å². The van der Waals surface area contributed by atoms with Gasteiger partial charge in [0.15, 0.2) is 5.82 Å². The molecule has 0 saturated heterocycles. The van der Waals surface area contributed by atoms with Crippen molar-refractivity contribution in [2.45, 2.75) is 19.3 Å². The first-order chi connectivity index (χ1) is 11.7. The molecule has 0 amide bonds. The average Bonchev–Trinajstić information content (AvgIpc) is 2.63. The number of aromatic nitrogens is 3. The molecule has 0 aliphatic rings. The van der Waals surface area contributed by atoms with Crippen molar-refractivity contribution in [1.29, 1.82) is 5.26 Å². The Morgan fingerprint density at radius 3 is 2.46 bits per heavy atom. The van der Waals surface area contributed by atoms with Crippen LogP contribution in [0.25, 0.3) is 0 Å². The van der Waals surface area contributed by atoms with Gasteiger partial charge in [0.25, 0.3) is 0 Å². The van der Waals surface area contributed by atoms with E-state index in [1.165, 1.54) is 6.20 Å². The van der Waals surface area contributed by atoms with Crippen LogP contribution in [0.4, 0.5) is 4.39 Å². The zero-order valence-corrected chi connectivity index (χ0v) is 13.0. The molecule has 0 radical (unpaired) electrons. The number of halogens is 1. The van der Waals surface area contributed by atoms with Gasteiger partial charge in [0.1, 0.15) is 17.6 Å². The van der Waals surface area contributed by atoms with Crippen molar-refractivity contribution in [2.75, 3.05) is 0 Å². The average molecular weight is 318 g/mol. The van der Waals surface area contributed by atoms with Gasteiger partial charge in [-0.2, -0.15) is 5.26 Å². The third-order valence-electron chi connectivity index (χ3n) is 3.66. The molecule has 0 unspecified atom stereocenters. The standard InChI is InChI=1S/C19H15FN4/c20-17-13-23-19(10-15-6-8-16(11-21)22-12-15)24-18(17)9-7-14-4-2-1-3-5-14/h1-6,8,12-13H,7,9-10H2. The van der Waals surface area contributed by atoms with Crippen molar-refractivity contribution in [3.8, 4) is 6.07 Å². The Morgan fingerprint density at radius 2 is 1.75 bits per heavy atom. The molecule has 3 aromatic rings. The van der Waals surface area contributed by atoms with Gasteiger partial charge < -0.3 is 0 Å².